The van der Waals surface area contributed by atoms with Crippen molar-refractivity contribution in [2.24, 2.45) is 0 Å². The second-order valence-corrected chi connectivity index (χ2v) is 9.37. The van der Waals surface area contributed by atoms with Gasteiger partial charge in [-0.25, -0.2) is 23.1 Å². The number of nitrogens with zero attached hydrogens (tertiary/aromatic N) is 5. The Bertz CT molecular complexity index is 1930. The number of aromatic amines is 1. The van der Waals surface area contributed by atoms with Crippen molar-refractivity contribution in [1.29, 1.82) is 0 Å². The van der Waals surface area contributed by atoms with E-state index >= 15 is 8.78 Å². The molecule has 6 aromatic rings. The van der Waals surface area contributed by atoms with Gasteiger partial charge in [0.25, 0.3) is 5.56 Å². The van der Waals surface area contributed by atoms with Gasteiger partial charge in [-0.2, -0.15) is 5.16 Å². The Morgan fingerprint density at radius 1 is 0.913 bits per heavy atom. The molecule has 0 aliphatic rings. The van der Waals surface area contributed by atoms with Crippen LogP contribution in [0.2, 0.25) is 0 Å². The number of benzene rings is 2. The maximum atomic E-state index is 15.4. The highest BCUT2D eigenvalue weighted by atomic mass is 19.1. The molecule has 0 amide bonds. The number of ether oxygens (including phenoxy) is 1. The summed E-state index contributed by atoms with van der Waals surface area (Å²) in [4.78, 5) is 20.0. The first-order valence-electron chi connectivity index (χ1n) is 14.7. The van der Waals surface area contributed by atoms with Crippen LogP contribution < -0.4 is 10.3 Å². The van der Waals surface area contributed by atoms with E-state index in [1.165, 1.54) is 35.2 Å². The fourth-order valence-corrected chi connectivity index (χ4v) is 4.33. The van der Waals surface area contributed by atoms with Gasteiger partial charge in [-0.3, -0.25) is 9.36 Å². The van der Waals surface area contributed by atoms with E-state index in [1.807, 2.05) is 27.7 Å². The average Bonchev–Trinajstić information content (AvgIpc) is 3.83. The first-order valence-corrected chi connectivity index (χ1v) is 14.7. The van der Waals surface area contributed by atoms with Gasteiger partial charge in [0.05, 0.1) is 18.0 Å². The van der Waals surface area contributed by atoms with Gasteiger partial charge in [0.15, 0.2) is 0 Å². The number of hydrogen-bond acceptors (Lipinski definition) is 8. The van der Waals surface area contributed by atoms with Gasteiger partial charge < -0.3 is 13.7 Å². The highest BCUT2D eigenvalue weighted by Gasteiger charge is 2.21. The van der Waals surface area contributed by atoms with Gasteiger partial charge in [-0.1, -0.05) is 45.9 Å². The van der Waals surface area contributed by atoms with E-state index in [9.17, 15) is 9.18 Å². The van der Waals surface area contributed by atoms with Crippen LogP contribution in [0.5, 0.6) is 5.88 Å². The van der Waals surface area contributed by atoms with Crippen LogP contribution in [0, 0.1) is 24.4 Å². The number of nitrogens with one attached hydrogen (secondary N) is 1. The van der Waals surface area contributed by atoms with Crippen LogP contribution in [-0.2, 0) is 19.6 Å². The zero-order valence-electron chi connectivity index (χ0n) is 26.0. The van der Waals surface area contributed by atoms with E-state index in [1.54, 1.807) is 31.2 Å². The number of hydrogen-bond donors (Lipinski definition) is 1. The molecule has 0 saturated carbocycles. The van der Waals surface area contributed by atoms with Crippen LogP contribution in [0.4, 0.5) is 13.2 Å². The summed E-state index contributed by atoms with van der Waals surface area (Å²) in [5.41, 5.74) is 0.692. The highest BCUT2D eigenvalue weighted by molar-refractivity contribution is 5.61. The summed E-state index contributed by atoms with van der Waals surface area (Å²) >= 11 is 0. The Morgan fingerprint density at radius 2 is 1.70 bits per heavy atom. The number of pyridine rings is 1. The minimum atomic E-state index is -0.726. The molecule has 4 heterocycles. The molecule has 10 nitrogen and oxygen atoms in total. The molecule has 6 rings (SSSR count). The molecule has 0 saturated heterocycles. The lowest BCUT2D eigenvalue weighted by molar-refractivity contribution is 0.288. The van der Waals surface area contributed by atoms with Gasteiger partial charge in [-0.15, -0.1) is 10.2 Å². The van der Waals surface area contributed by atoms with Gasteiger partial charge in [0.2, 0.25) is 23.4 Å². The lowest BCUT2D eigenvalue weighted by Gasteiger charge is -2.11. The lowest BCUT2D eigenvalue weighted by atomic mass is 10.0. The summed E-state index contributed by atoms with van der Waals surface area (Å²) in [7, 11) is 0. The van der Waals surface area contributed by atoms with E-state index in [4.69, 9.17) is 13.7 Å². The van der Waals surface area contributed by atoms with E-state index in [-0.39, 0.29) is 59.7 Å². The maximum absolute atomic E-state index is 15.4. The second-order valence-electron chi connectivity index (χ2n) is 9.37. The molecular weight excluding hydrogens is 601 g/mol. The monoisotopic (exact) mass is 634 g/mol. The molecule has 13 heteroatoms. The van der Waals surface area contributed by atoms with Crippen LogP contribution >= 0.6 is 0 Å². The zero-order valence-corrected chi connectivity index (χ0v) is 26.0. The Balaban J connectivity index is 0.00000116. The quantitative estimate of drug-likeness (QED) is 0.176. The predicted molar refractivity (Wildman–Crippen MR) is 165 cm³/mol. The molecule has 46 heavy (non-hydrogen) atoms. The third-order valence-electron chi connectivity index (χ3n) is 6.42. The molecule has 0 unspecified atom stereocenters. The molecule has 0 fully saturated rings. The van der Waals surface area contributed by atoms with Crippen molar-refractivity contribution in [3.05, 3.63) is 123 Å². The van der Waals surface area contributed by atoms with E-state index in [2.05, 4.69) is 25.3 Å². The molecular formula is C33H33F3N6O4. The molecule has 1 N–H and O–H groups in total. The maximum Gasteiger partial charge on any atom is 0.280 e. The van der Waals surface area contributed by atoms with Gasteiger partial charge >= 0.3 is 0 Å². The first-order chi connectivity index (χ1) is 22.3. The zero-order chi connectivity index (χ0) is 33.2. The number of aryl methyl sites for hydroxylation is 1. The van der Waals surface area contributed by atoms with Crippen molar-refractivity contribution in [3.63, 3.8) is 0 Å². The lowest BCUT2D eigenvalue weighted by Crippen LogP contribution is -2.09. The molecule has 0 aliphatic heterocycles. The van der Waals surface area contributed by atoms with Gasteiger partial charge in [0, 0.05) is 23.6 Å². The second kappa shape index (κ2) is 15.5. The minimum Gasteiger partial charge on any atom is -0.473 e. The molecule has 4 aromatic heterocycles. The largest absolute Gasteiger partial charge is 0.473 e. The van der Waals surface area contributed by atoms with Crippen molar-refractivity contribution in [2.75, 3.05) is 0 Å². The summed E-state index contributed by atoms with van der Waals surface area (Å²) in [5, 5.41) is 10.4. The summed E-state index contributed by atoms with van der Waals surface area (Å²) in [5.74, 6) is -0.893. The minimum absolute atomic E-state index is 0.00151. The number of oxazole rings is 1. The standard InChI is InChI=1S/C29H21F3N6O4.2C2H6/c1-16-5-6-17(20(30)9-16)15-41-27-4-2-3-23(34-27)19-12-21(31)18(10-22(19)32)11-25-35-36-29(24-13-26(39)37-42-24)38(25)14-28-33-7-8-40-28;2*1-2/h2-10,12-13H,11,14-15H2,1H3,(H,37,39);2*1-2H3. The van der Waals surface area contributed by atoms with E-state index < -0.39 is 23.0 Å². The van der Waals surface area contributed by atoms with Crippen molar-refractivity contribution >= 4 is 0 Å². The number of aromatic nitrogens is 6. The van der Waals surface area contributed by atoms with Crippen LogP contribution in [0.1, 0.15) is 56.1 Å². The van der Waals surface area contributed by atoms with E-state index in [0.717, 1.165) is 17.7 Å². The Labute approximate surface area is 262 Å². The number of halogens is 3. The van der Waals surface area contributed by atoms with Crippen molar-refractivity contribution in [3.8, 4) is 28.7 Å². The Hall–Kier alpha value is -5.46. The summed E-state index contributed by atoms with van der Waals surface area (Å²) < 4.78 is 62.5. The predicted octanol–water partition coefficient (Wildman–Crippen LogP) is 7.27. The number of H-pyrrole nitrogens is 1. The Kier molecular flexibility index (Phi) is 11.3. The third-order valence-corrected chi connectivity index (χ3v) is 6.42. The summed E-state index contributed by atoms with van der Waals surface area (Å²) in [6, 6.07) is 12.7. The highest BCUT2D eigenvalue weighted by Crippen LogP contribution is 2.28. The Morgan fingerprint density at radius 3 is 2.39 bits per heavy atom. The van der Waals surface area contributed by atoms with Gasteiger partial charge in [-0.05, 0) is 42.3 Å². The van der Waals surface area contributed by atoms with Gasteiger partial charge in [0.1, 0.15) is 42.7 Å². The van der Waals surface area contributed by atoms with Crippen molar-refractivity contribution in [2.45, 2.75) is 54.2 Å². The van der Waals surface area contributed by atoms with E-state index in [0.29, 0.717) is 11.5 Å². The van der Waals surface area contributed by atoms with Crippen LogP contribution in [0.25, 0.3) is 22.8 Å². The molecule has 2 aromatic carbocycles. The first kappa shape index (κ1) is 33.4. The molecule has 0 spiro atoms. The van der Waals surface area contributed by atoms with Crippen molar-refractivity contribution < 1.29 is 26.8 Å². The number of rotatable bonds is 9. The smallest absolute Gasteiger partial charge is 0.280 e. The van der Waals surface area contributed by atoms with Crippen molar-refractivity contribution in [1.82, 2.24) is 29.9 Å². The normalized spacial score (nSPS) is 10.5. The molecule has 0 atom stereocenters. The summed E-state index contributed by atoms with van der Waals surface area (Å²) in [6.45, 7) is 9.74. The topological polar surface area (TPSA) is 125 Å². The molecule has 240 valence electrons. The average molecular weight is 635 g/mol. The van der Waals surface area contributed by atoms with Crippen LogP contribution in [0.15, 0.2) is 80.8 Å². The SMILES string of the molecule is CC.CC.Cc1ccc(COc2cccc(-c3cc(F)c(Cc4nnc(-c5cc(=O)[nH]o5)n4Cc4ncco4)cc3F)n2)c(F)c1. The third kappa shape index (κ3) is 7.78. The fourth-order valence-electron chi connectivity index (χ4n) is 4.33. The fraction of sp³-hybridized carbons (Fsp3) is 0.242. The molecule has 0 aliphatic carbocycles. The van der Waals surface area contributed by atoms with Crippen LogP contribution in [0.3, 0.4) is 0 Å². The molecule has 0 radical (unpaired) electrons. The summed E-state index contributed by atoms with van der Waals surface area (Å²) in [6.07, 6.45) is 2.69. The van der Waals surface area contributed by atoms with Crippen LogP contribution in [-0.4, -0.2) is 29.9 Å². The molecule has 0 bridgehead atoms.